The van der Waals surface area contributed by atoms with Crippen molar-refractivity contribution in [3.05, 3.63) is 65.2 Å². The molecule has 0 aliphatic rings. The Bertz CT molecular complexity index is 766. The van der Waals surface area contributed by atoms with Crippen molar-refractivity contribution in [3.8, 4) is 0 Å². The van der Waals surface area contributed by atoms with Gasteiger partial charge in [0.2, 0.25) is 5.91 Å². The number of hydrogen-bond donors (Lipinski definition) is 1. The number of hydrogen-bond acceptors (Lipinski definition) is 3. The van der Waals surface area contributed by atoms with Crippen LogP contribution in [0, 0.1) is 11.6 Å². The third-order valence-corrected chi connectivity index (χ3v) is 4.55. The van der Waals surface area contributed by atoms with Crippen molar-refractivity contribution >= 4 is 23.6 Å². The second-order valence-electron chi connectivity index (χ2n) is 5.39. The Kier molecular flexibility index (Phi) is 6.52. The summed E-state index contributed by atoms with van der Waals surface area (Å²) in [6.07, 6.45) is 0. The molecule has 0 radical (unpaired) electrons. The van der Waals surface area contributed by atoms with Gasteiger partial charge in [-0.2, -0.15) is 0 Å². The van der Waals surface area contributed by atoms with Crippen LogP contribution in [0.15, 0.2) is 47.4 Å². The SMILES string of the molecule is CNC(=O)c1ccc(CN(C)C(=O)CSc2cc(F)ccc2F)cc1. The first-order valence-electron chi connectivity index (χ1n) is 7.53. The fourth-order valence-corrected chi connectivity index (χ4v) is 3.01. The number of thioether (sulfide) groups is 1. The van der Waals surface area contributed by atoms with Gasteiger partial charge in [-0.3, -0.25) is 9.59 Å². The van der Waals surface area contributed by atoms with Gasteiger partial charge in [-0.05, 0) is 35.9 Å². The molecule has 0 aromatic heterocycles. The van der Waals surface area contributed by atoms with Gasteiger partial charge in [-0.25, -0.2) is 8.78 Å². The number of carbonyl (C=O) groups excluding carboxylic acids is 2. The third-order valence-electron chi connectivity index (χ3n) is 3.53. The first kappa shape index (κ1) is 18.9. The van der Waals surface area contributed by atoms with E-state index in [1.54, 1.807) is 38.4 Å². The average molecular weight is 364 g/mol. The van der Waals surface area contributed by atoms with E-state index >= 15 is 0 Å². The number of nitrogens with zero attached hydrogens (tertiary/aromatic N) is 1. The molecule has 0 fully saturated rings. The second-order valence-corrected chi connectivity index (χ2v) is 6.41. The standard InChI is InChI=1S/C18H18F2N2O2S/c1-21-18(24)13-5-3-12(4-6-13)10-22(2)17(23)11-25-16-9-14(19)7-8-15(16)20/h3-9H,10-11H2,1-2H3,(H,21,24). The summed E-state index contributed by atoms with van der Waals surface area (Å²) in [6, 6.07) is 10.1. The molecule has 0 saturated heterocycles. The van der Waals surface area contributed by atoms with Crippen molar-refractivity contribution in [2.24, 2.45) is 0 Å². The van der Waals surface area contributed by atoms with E-state index in [-0.39, 0.29) is 22.5 Å². The predicted molar refractivity (Wildman–Crippen MR) is 93.4 cm³/mol. The molecule has 0 bridgehead atoms. The molecule has 25 heavy (non-hydrogen) atoms. The van der Waals surface area contributed by atoms with Gasteiger partial charge < -0.3 is 10.2 Å². The van der Waals surface area contributed by atoms with Crippen molar-refractivity contribution in [2.45, 2.75) is 11.4 Å². The molecule has 2 aromatic rings. The highest BCUT2D eigenvalue weighted by Gasteiger charge is 2.13. The molecule has 2 aromatic carbocycles. The number of carbonyl (C=O) groups is 2. The van der Waals surface area contributed by atoms with Crippen LogP contribution in [0.2, 0.25) is 0 Å². The fraction of sp³-hybridized carbons (Fsp3) is 0.222. The molecular formula is C18H18F2N2O2S. The maximum absolute atomic E-state index is 13.6. The normalized spacial score (nSPS) is 10.4. The number of nitrogens with one attached hydrogen (secondary N) is 1. The maximum Gasteiger partial charge on any atom is 0.251 e. The van der Waals surface area contributed by atoms with Gasteiger partial charge >= 0.3 is 0 Å². The average Bonchev–Trinajstić information content (AvgIpc) is 2.62. The van der Waals surface area contributed by atoms with Crippen LogP contribution in [0.25, 0.3) is 0 Å². The van der Waals surface area contributed by atoms with Crippen LogP contribution in [-0.2, 0) is 11.3 Å². The van der Waals surface area contributed by atoms with E-state index in [4.69, 9.17) is 0 Å². The highest BCUT2D eigenvalue weighted by Crippen LogP contribution is 2.23. The Balaban J connectivity index is 1.91. The van der Waals surface area contributed by atoms with Crippen molar-refractivity contribution in [1.29, 1.82) is 0 Å². The summed E-state index contributed by atoms with van der Waals surface area (Å²) >= 11 is 0.958. The number of halogens is 2. The molecule has 2 amide bonds. The van der Waals surface area contributed by atoms with E-state index in [0.29, 0.717) is 12.1 Å². The highest BCUT2D eigenvalue weighted by atomic mass is 32.2. The summed E-state index contributed by atoms with van der Waals surface area (Å²) in [5.74, 6) is -1.46. The zero-order chi connectivity index (χ0) is 18.4. The lowest BCUT2D eigenvalue weighted by Crippen LogP contribution is -2.27. The van der Waals surface area contributed by atoms with E-state index in [9.17, 15) is 18.4 Å². The molecule has 7 heteroatoms. The minimum atomic E-state index is -0.549. The highest BCUT2D eigenvalue weighted by molar-refractivity contribution is 8.00. The largest absolute Gasteiger partial charge is 0.355 e. The summed E-state index contributed by atoms with van der Waals surface area (Å²) in [7, 11) is 3.19. The van der Waals surface area contributed by atoms with Gasteiger partial charge in [0.1, 0.15) is 11.6 Å². The van der Waals surface area contributed by atoms with Crippen molar-refractivity contribution in [1.82, 2.24) is 10.2 Å². The number of rotatable bonds is 6. The fourth-order valence-electron chi connectivity index (χ4n) is 2.11. The van der Waals surface area contributed by atoms with E-state index in [0.717, 1.165) is 35.5 Å². The molecule has 0 atom stereocenters. The van der Waals surface area contributed by atoms with E-state index in [1.165, 1.54) is 4.90 Å². The molecule has 4 nitrogen and oxygen atoms in total. The van der Waals surface area contributed by atoms with E-state index in [1.807, 2.05) is 0 Å². The lowest BCUT2D eigenvalue weighted by atomic mass is 10.1. The molecular weight excluding hydrogens is 346 g/mol. The van der Waals surface area contributed by atoms with E-state index in [2.05, 4.69) is 5.32 Å². The maximum atomic E-state index is 13.6. The molecule has 0 aliphatic carbocycles. The smallest absolute Gasteiger partial charge is 0.251 e. The van der Waals surface area contributed by atoms with Gasteiger partial charge in [-0.15, -0.1) is 11.8 Å². The first-order valence-corrected chi connectivity index (χ1v) is 8.52. The lowest BCUT2D eigenvalue weighted by molar-refractivity contribution is -0.127. The summed E-state index contributed by atoms with van der Waals surface area (Å²) in [5, 5.41) is 2.54. The number of benzene rings is 2. The topological polar surface area (TPSA) is 49.4 Å². The second kappa shape index (κ2) is 8.62. The van der Waals surface area contributed by atoms with Crippen LogP contribution in [0.1, 0.15) is 15.9 Å². The Hall–Kier alpha value is -2.41. The minimum absolute atomic E-state index is 0.00714. The lowest BCUT2D eigenvalue weighted by Gasteiger charge is -2.17. The molecule has 0 spiro atoms. The minimum Gasteiger partial charge on any atom is -0.355 e. The predicted octanol–water partition coefficient (Wildman–Crippen LogP) is 3.08. The molecule has 0 aliphatic heterocycles. The first-order chi connectivity index (χ1) is 11.9. The summed E-state index contributed by atoms with van der Waals surface area (Å²) in [4.78, 5) is 25.3. The van der Waals surface area contributed by atoms with Crippen LogP contribution in [-0.4, -0.2) is 36.6 Å². The van der Waals surface area contributed by atoms with Gasteiger partial charge in [0.25, 0.3) is 5.91 Å². The quantitative estimate of drug-likeness (QED) is 0.802. The van der Waals surface area contributed by atoms with Crippen LogP contribution >= 0.6 is 11.8 Å². The monoisotopic (exact) mass is 364 g/mol. The Morgan fingerprint density at radius 1 is 1.12 bits per heavy atom. The molecule has 0 saturated carbocycles. The van der Waals surface area contributed by atoms with Crippen LogP contribution in [0.4, 0.5) is 8.78 Å². The third kappa shape index (κ3) is 5.29. The van der Waals surface area contributed by atoms with Crippen molar-refractivity contribution in [3.63, 3.8) is 0 Å². The Labute approximate surface area is 149 Å². The Morgan fingerprint density at radius 3 is 2.44 bits per heavy atom. The van der Waals surface area contributed by atoms with Gasteiger partial charge in [0.05, 0.1) is 5.75 Å². The molecule has 0 heterocycles. The Morgan fingerprint density at radius 2 is 1.80 bits per heavy atom. The zero-order valence-corrected chi connectivity index (χ0v) is 14.7. The molecule has 2 rings (SSSR count). The molecule has 0 unspecified atom stereocenters. The van der Waals surface area contributed by atoms with Crippen LogP contribution in [0.5, 0.6) is 0 Å². The molecule has 1 N–H and O–H groups in total. The summed E-state index contributed by atoms with van der Waals surface area (Å²) < 4.78 is 26.7. The summed E-state index contributed by atoms with van der Waals surface area (Å²) in [6.45, 7) is 0.360. The zero-order valence-electron chi connectivity index (χ0n) is 13.9. The van der Waals surface area contributed by atoms with Crippen LogP contribution in [0.3, 0.4) is 0 Å². The van der Waals surface area contributed by atoms with Crippen molar-refractivity contribution in [2.75, 3.05) is 19.8 Å². The number of amides is 2. The molecule has 132 valence electrons. The van der Waals surface area contributed by atoms with Crippen molar-refractivity contribution < 1.29 is 18.4 Å². The summed E-state index contributed by atoms with van der Waals surface area (Å²) in [5.41, 5.74) is 1.41. The van der Waals surface area contributed by atoms with Crippen LogP contribution < -0.4 is 5.32 Å². The van der Waals surface area contributed by atoms with Gasteiger partial charge in [0, 0.05) is 31.1 Å². The van der Waals surface area contributed by atoms with Gasteiger partial charge in [-0.1, -0.05) is 12.1 Å². The van der Waals surface area contributed by atoms with Gasteiger partial charge in [0.15, 0.2) is 0 Å². The van der Waals surface area contributed by atoms with E-state index < -0.39 is 11.6 Å².